The predicted molar refractivity (Wildman–Crippen MR) is 82.1 cm³/mol. The lowest BCUT2D eigenvalue weighted by atomic mass is 9.92. The Labute approximate surface area is 132 Å². The zero-order valence-corrected chi connectivity index (χ0v) is 13.2. The highest BCUT2D eigenvalue weighted by atomic mass is 32.1. The van der Waals surface area contributed by atoms with Crippen molar-refractivity contribution in [3.8, 4) is 11.4 Å². The van der Waals surface area contributed by atoms with Crippen molar-refractivity contribution in [3.05, 3.63) is 16.8 Å². The Balaban J connectivity index is 1.63. The SMILES string of the molecule is C[C@H](O)C1CCN(C(=O)Cn2nnnc2-c2ccsc2)CC1. The smallest absolute Gasteiger partial charge is 0.244 e. The van der Waals surface area contributed by atoms with E-state index in [4.69, 9.17) is 0 Å². The van der Waals surface area contributed by atoms with Gasteiger partial charge in [0.05, 0.1) is 6.10 Å². The monoisotopic (exact) mass is 321 g/mol. The number of carbonyl (C=O) groups excluding carboxylic acids is 1. The van der Waals surface area contributed by atoms with Crippen LogP contribution in [0, 0.1) is 5.92 Å². The standard InChI is InChI=1S/C14H19N5O2S/c1-10(20)11-2-5-18(6-3-11)13(21)8-19-14(15-16-17-19)12-4-7-22-9-12/h4,7,9-11,20H,2-3,5-6,8H2,1H3/t10-/m0/s1. The van der Waals surface area contributed by atoms with E-state index in [0.29, 0.717) is 24.8 Å². The fraction of sp³-hybridized carbons (Fsp3) is 0.571. The van der Waals surface area contributed by atoms with Crippen LogP contribution in [0.3, 0.4) is 0 Å². The number of carbonyl (C=O) groups is 1. The quantitative estimate of drug-likeness (QED) is 0.909. The molecule has 1 saturated heterocycles. The number of aromatic nitrogens is 4. The Morgan fingerprint density at radius 3 is 2.91 bits per heavy atom. The molecule has 0 bridgehead atoms. The summed E-state index contributed by atoms with van der Waals surface area (Å²) in [4.78, 5) is 14.2. The largest absolute Gasteiger partial charge is 0.393 e. The van der Waals surface area contributed by atoms with Crippen LogP contribution in [0.4, 0.5) is 0 Å². The van der Waals surface area contributed by atoms with Crippen molar-refractivity contribution < 1.29 is 9.90 Å². The maximum Gasteiger partial charge on any atom is 0.244 e. The molecule has 2 aromatic heterocycles. The summed E-state index contributed by atoms with van der Waals surface area (Å²) in [5, 5.41) is 25.1. The minimum absolute atomic E-state index is 0.0211. The number of rotatable bonds is 4. The lowest BCUT2D eigenvalue weighted by Crippen LogP contribution is -2.42. The molecule has 8 heteroatoms. The second kappa shape index (κ2) is 6.53. The zero-order valence-electron chi connectivity index (χ0n) is 12.4. The van der Waals surface area contributed by atoms with E-state index < -0.39 is 0 Å². The highest BCUT2D eigenvalue weighted by Crippen LogP contribution is 2.22. The molecule has 1 amide bonds. The van der Waals surface area contributed by atoms with Gasteiger partial charge in [-0.1, -0.05) is 0 Å². The molecule has 118 valence electrons. The molecule has 1 N–H and O–H groups in total. The summed E-state index contributed by atoms with van der Waals surface area (Å²) in [6, 6.07) is 1.94. The normalized spacial score (nSPS) is 17.6. The number of tetrazole rings is 1. The van der Waals surface area contributed by atoms with Crippen LogP contribution in [-0.2, 0) is 11.3 Å². The first-order valence-electron chi connectivity index (χ1n) is 7.39. The third-order valence-corrected chi connectivity index (χ3v) is 4.85. The van der Waals surface area contributed by atoms with Crippen LogP contribution in [0.2, 0.25) is 0 Å². The minimum atomic E-state index is -0.304. The van der Waals surface area contributed by atoms with Gasteiger partial charge < -0.3 is 10.0 Å². The van der Waals surface area contributed by atoms with Crippen molar-refractivity contribution in [2.24, 2.45) is 5.92 Å². The lowest BCUT2D eigenvalue weighted by Gasteiger charge is -2.33. The molecule has 0 aromatic carbocycles. The third-order valence-electron chi connectivity index (χ3n) is 4.17. The van der Waals surface area contributed by atoms with Crippen molar-refractivity contribution in [1.82, 2.24) is 25.1 Å². The van der Waals surface area contributed by atoms with Crippen LogP contribution in [0.1, 0.15) is 19.8 Å². The Morgan fingerprint density at radius 2 is 2.27 bits per heavy atom. The van der Waals surface area contributed by atoms with E-state index >= 15 is 0 Å². The molecule has 2 aromatic rings. The van der Waals surface area contributed by atoms with Crippen LogP contribution in [-0.4, -0.2) is 55.3 Å². The summed E-state index contributed by atoms with van der Waals surface area (Å²) in [5.41, 5.74) is 0.926. The molecule has 3 rings (SSSR count). The summed E-state index contributed by atoms with van der Waals surface area (Å²) in [6.07, 6.45) is 1.38. The van der Waals surface area contributed by atoms with Gasteiger partial charge in [-0.05, 0) is 47.6 Å². The van der Waals surface area contributed by atoms with Gasteiger partial charge in [-0.2, -0.15) is 11.3 Å². The maximum absolute atomic E-state index is 12.4. The molecule has 1 fully saturated rings. The molecule has 0 saturated carbocycles. The fourth-order valence-electron chi connectivity index (χ4n) is 2.77. The third kappa shape index (κ3) is 3.17. The van der Waals surface area contributed by atoms with E-state index in [1.807, 2.05) is 28.7 Å². The van der Waals surface area contributed by atoms with Gasteiger partial charge >= 0.3 is 0 Å². The number of hydrogen-bond donors (Lipinski definition) is 1. The molecule has 7 nitrogen and oxygen atoms in total. The zero-order chi connectivity index (χ0) is 15.5. The van der Waals surface area contributed by atoms with Gasteiger partial charge in [-0.25, -0.2) is 4.68 Å². The molecular formula is C14H19N5O2S. The highest BCUT2D eigenvalue weighted by Gasteiger charge is 2.26. The van der Waals surface area contributed by atoms with Gasteiger partial charge in [0.25, 0.3) is 0 Å². The van der Waals surface area contributed by atoms with E-state index in [1.165, 1.54) is 0 Å². The number of aliphatic hydroxyl groups excluding tert-OH is 1. The summed E-state index contributed by atoms with van der Waals surface area (Å²) < 4.78 is 1.55. The fourth-order valence-corrected chi connectivity index (χ4v) is 3.40. The number of piperidine rings is 1. The van der Waals surface area contributed by atoms with Crippen LogP contribution in [0.25, 0.3) is 11.4 Å². The number of amides is 1. The summed E-state index contributed by atoms with van der Waals surface area (Å²) in [5.74, 6) is 0.930. The van der Waals surface area contributed by atoms with Gasteiger partial charge in [0.2, 0.25) is 5.91 Å². The number of aliphatic hydroxyl groups is 1. The Morgan fingerprint density at radius 1 is 1.50 bits per heavy atom. The van der Waals surface area contributed by atoms with Crippen molar-refractivity contribution in [3.63, 3.8) is 0 Å². The molecule has 1 atom stereocenters. The van der Waals surface area contributed by atoms with E-state index in [0.717, 1.165) is 18.4 Å². The number of nitrogens with zero attached hydrogens (tertiary/aromatic N) is 5. The van der Waals surface area contributed by atoms with Gasteiger partial charge in [0.15, 0.2) is 5.82 Å². The molecule has 0 aliphatic carbocycles. The van der Waals surface area contributed by atoms with Crippen molar-refractivity contribution in [2.45, 2.75) is 32.4 Å². The molecule has 0 spiro atoms. The Bertz CT molecular complexity index is 617. The maximum atomic E-state index is 12.4. The number of hydrogen-bond acceptors (Lipinski definition) is 6. The van der Waals surface area contributed by atoms with E-state index in [-0.39, 0.29) is 18.6 Å². The van der Waals surface area contributed by atoms with Crippen LogP contribution < -0.4 is 0 Å². The van der Waals surface area contributed by atoms with Crippen LogP contribution >= 0.6 is 11.3 Å². The Hall–Kier alpha value is -1.80. The summed E-state index contributed by atoms with van der Waals surface area (Å²) in [6.45, 7) is 3.34. The molecule has 1 aliphatic heterocycles. The van der Waals surface area contributed by atoms with Crippen LogP contribution in [0.15, 0.2) is 16.8 Å². The van der Waals surface area contributed by atoms with E-state index in [1.54, 1.807) is 16.0 Å². The Kier molecular flexibility index (Phi) is 4.49. The molecule has 1 aliphatic rings. The predicted octanol–water partition coefficient (Wildman–Crippen LogP) is 1.02. The first kappa shape index (κ1) is 15.1. The topological polar surface area (TPSA) is 84.1 Å². The molecule has 3 heterocycles. The average molecular weight is 321 g/mol. The molecule has 22 heavy (non-hydrogen) atoms. The van der Waals surface area contributed by atoms with E-state index in [2.05, 4.69) is 15.5 Å². The number of likely N-dealkylation sites (tertiary alicyclic amines) is 1. The molecule has 0 unspecified atom stereocenters. The van der Waals surface area contributed by atoms with Crippen LogP contribution in [0.5, 0.6) is 0 Å². The van der Waals surface area contributed by atoms with Gasteiger partial charge in [-0.15, -0.1) is 5.10 Å². The minimum Gasteiger partial charge on any atom is -0.393 e. The van der Waals surface area contributed by atoms with Crippen molar-refractivity contribution in [2.75, 3.05) is 13.1 Å². The van der Waals surface area contributed by atoms with Gasteiger partial charge in [-0.3, -0.25) is 4.79 Å². The van der Waals surface area contributed by atoms with Gasteiger partial charge in [0.1, 0.15) is 6.54 Å². The molecular weight excluding hydrogens is 302 g/mol. The number of thiophene rings is 1. The first-order valence-corrected chi connectivity index (χ1v) is 8.34. The second-order valence-electron chi connectivity index (χ2n) is 5.63. The summed E-state index contributed by atoms with van der Waals surface area (Å²) in [7, 11) is 0. The second-order valence-corrected chi connectivity index (χ2v) is 6.41. The summed E-state index contributed by atoms with van der Waals surface area (Å²) >= 11 is 1.57. The van der Waals surface area contributed by atoms with Gasteiger partial charge in [0, 0.05) is 24.0 Å². The first-order chi connectivity index (χ1) is 10.6. The van der Waals surface area contributed by atoms with Crippen molar-refractivity contribution in [1.29, 1.82) is 0 Å². The van der Waals surface area contributed by atoms with E-state index in [9.17, 15) is 9.90 Å². The average Bonchev–Trinajstić information content (AvgIpc) is 3.18. The molecule has 0 radical (unpaired) electrons. The lowest BCUT2D eigenvalue weighted by molar-refractivity contribution is -0.134. The van der Waals surface area contributed by atoms with Crippen molar-refractivity contribution >= 4 is 17.2 Å². The highest BCUT2D eigenvalue weighted by molar-refractivity contribution is 7.08.